The summed E-state index contributed by atoms with van der Waals surface area (Å²) in [5.41, 5.74) is 0.375. The topological polar surface area (TPSA) is 43.4 Å². The standard InChI is InChI=1S/C8H6O3.Ca.2H/c9-6-11-8(10)7-4-2-1-3-5-7;;;/h1-6H;;;. The van der Waals surface area contributed by atoms with E-state index < -0.39 is 5.97 Å². The van der Waals surface area contributed by atoms with E-state index >= 15 is 0 Å². The normalized spacial score (nSPS) is 8.00. The van der Waals surface area contributed by atoms with Crippen LogP contribution in [0.5, 0.6) is 0 Å². The van der Waals surface area contributed by atoms with Crippen molar-refractivity contribution in [2.24, 2.45) is 0 Å². The molecule has 0 amide bonds. The van der Waals surface area contributed by atoms with Crippen LogP contribution < -0.4 is 0 Å². The summed E-state index contributed by atoms with van der Waals surface area (Å²) in [7, 11) is 0. The van der Waals surface area contributed by atoms with Gasteiger partial charge in [-0.2, -0.15) is 0 Å². The molecule has 60 valence electrons. The average Bonchev–Trinajstić information content (AvgIpc) is 2.07. The van der Waals surface area contributed by atoms with Crippen molar-refractivity contribution in [2.45, 2.75) is 0 Å². The minimum absolute atomic E-state index is 0. The van der Waals surface area contributed by atoms with Crippen LogP contribution in [0.15, 0.2) is 30.3 Å². The number of benzene rings is 1. The van der Waals surface area contributed by atoms with Gasteiger partial charge >= 0.3 is 50.2 Å². The van der Waals surface area contributed by atoms with Crippen LogP contribution in [0.25, 0.3) is 0 Å². The van der Waals surface area contributed by atoms with Gasteiger partial charge in [-0.25, -0.2) is 4.79 Å². The van der Waals surface area contributed by atoms with E-state index in [1.807, 2.05) is 0 Å². The molecule has 0 aromatic heterocycles. The zero-order valence-electron chi connectivity index (χ0n) is 5.69. The van der Waals surface area contributed by atoms with Crippen LogP contribution in [-0.4, -0.2) is 50.2 Å². The Labute approximate surface area is 99.7 Å². The molecular weight excluding hydrogens is 184 g/mol. The summed E-state index contributed by atoms with van der Waals surface area (Å²) >= 11 is 0. The second kappa shape index (κ2) is 6.17. The van der Waals surface area contributed by atoms with Crippen molar-refractivity contribution in [3.63, 3.8) is 0 Å². The van der Waals surface area contributed by atoms with Gasteiger partial charge in [0.05, 0.1) is 5.56 Å². The Kier molecular flexibility index (Phi) is 5.98. The van der Waals surface area contributed by atoms with Crippen LogP contribution in [0.2, 0.25) is 0 Å². The summed E-state index contributed by atoms with van der Waals surface area (Å²) in [4.78, 5) is 20.5. The van der Waals surface area contributed by atoms with Gasteiger partial charge in [-0.05, 0) is 12.1 Å². The van der Waals surface area contributed by atoms with Gasteiger partial charge in [-0.3, -0.25) is 4.79 Å². The first kappa shape index (κ1) is 11.6. The first-order valence-corrected chi connectivity index (χ1v) is 3.04. The molecule has 12 heavy (non-hydrogen) atoms. The van der Waals surface area contributed by atoms with Gasteiger partial charge in [0.15, 0.2) is 0 Å². The number of rotatable bonds is 2. The quantitative estimate of drug-likeness (QED) is 0.288. The predicted molar refractivity (Wildman–Crippen MR) is 46.5 cm³/mol. The van der Waals surface area contributed by atoms with Crippen LogP contribution >= 0.6 is 0 Å². The van der Waals surface area contributed by atoms with Crippen LogP contribution in [-0.2, 0) is 9.53 Å². The molecule has 1 rings (SSSR count). The van der Waals surface area contributed by atoms with Gasteiger partial charge in [-0.1, -0.05) is 18.2 Å². The Morgan fingerprint density at radius 3 is 2.33 bits per heavy atom. The summed E-state index contributed by atoms with van der Waals surface area (Å²) in [6.07, 6.45) is 0. The molecule has 0 aliphatic carbocycles. The predicted octanol–water partition coefficient (Wildman–Crippen LogP) is 0.0836. The Bertz CT molecular complexity index is 258. The second-order valence-corrected chi connectivity index (χ2v) is 1.87. The zero-order valence-corrected chi connectivity index (χ0v) is 5.69. The first-order valence-electron chi connectivity index (χ1n) is 3.04. The zero-order chi connectivity index (χ0) is 8.10. The van der Waals surface area contributed by atoms with E-state index in [2.05, 4.69) is 4.74 Å². The Morgan fingerprint density at radius 1 is 1.25 bits per heavy atom. The number of hydrogen-bond donors (Lipinski definition) is 0. The molecule has 0 spiro atoms. The van der Waals surface area contributed by atoms with Gasteiger partial charge in [0, 0.05) is 0 Å². The molecule has 0 atom stereocenters. The van der Waals surface area contributed by atoms with E-state index in [-0.39, 0.29) is 44.2 Å². The molecule has 0 unspecified atom stereocenters. The fourth-order valence-corrected chi connectivity index (χ4v) is 0.686. The third kappa shape index (κ3) is 3.34. The van der Waals surface area contributed by atoms with E-state index in [0.717, 1.165) is 0 Å². The van der Waals surface area contributed by atoms with Crippen LogP contribution in [0.1, 0.15) is 10.4 Å². The van der Waals surface area contributed by atoms with E-state index in [9.17, 15) is 9.59 Å². The van der Waals surface area contributed by atoms with Gasteiger partial charge < -0.3 is 4.74 Å². The Balaban J connectivity index is 0.00000121. The van der Waals surface area contributed by atoms with Crippen molar-refractivity contribution in [2.75, 3.05) is 0 Å². The average molecular weight is 192 g/mol. The molecule has 0 aliphatic rings. The summed E-state index contributed by atoms with van der Waals surface area (Å²) in [6.45, 7) is 0.120. The molecule has 3 nitrogen and oxygen atoms in total. The van der Waals surface area contributed by atoms with Gasteiger partial charge in [0.2, 0.25) is 0 Å². The van der Waals surface area contributed by atoms with Gasteiger partial charge in [0.25, 0.3) is 0 Å². The maximum absolute atomic E-state index is 10.8. The SMILES string of the molecule is O=COC(=O)c1ccccc1.[CaH2]. The number of esters is 1. The number of hydrogen-bond acceptors (Lipinski definition) is 3. The fraction of sp³-hybridized carbons (Fsp3) is 0. The van der Waals surface area contributed by atoms with Crippen LogP contribution in [0.3, 0.4) is 0 Å². The van der Waals surface area contributed by atoms with Crippen molar-refractivity contribution in [3.05, 3.63) is 35.9 Å². The van der Waals surface area contributed by atoms with Crippen molar-refractivity contribution in [1.29, 1.82) is 0 Å². The molecule has 4 heteroatoms. The van der Waals surface area contributed by atoms with Gasteiger partial charge in [0.1, 0.15) is 0 Å². The molecule has 0 radical (unpaired) electrons. The van der Waals surface area contributed by atoms with E-state index in [0.29, 0.717) is 5.56 Å². The third-order valence-corrected chi connectivity index (χ3v) is 1.16. The van der Waals surface area contributed by atoms with Crippen molar-refractivity contribution < 1.29 is 14.3 Å². The minimum atomic E-state index is -0.624. The summed E-state index contributed by atoms with van der Waals surface area (Å²) < 4.78 is 4.11. The molecule has 0 saturated carbocycles. The summed E-state index contributed by atoms with van der Waals surface area (Å²) in [5.74, 6) is -0.624. The fourth-order valence-electron chi connectivity index (χ4n) is 0.686. The molecule has 0 heterocycles. The summed E-state index contributed by atoms with van der Waals surface area (Å²) in [6, 6.07) is 8.32. The Hall–Kier alpha value is -0.380. The van der Waals surface area contributed by atoms with E-state index in [1.165, 1.54) is 0 Å². The first-order chi connectivity index (χ1) is 5.34. The molecule has 0 aliphatic heterocycles. The van der Waals surface area contributed by atoms with Crippen molar-refractivity contribution >= 4 is 50.2 Å². The van der Waals surface area contributed by atoms with Gasteiger partial charge in [-0.15, -0.1) is 0 Å². The molecule has 0 bridgehead atoms. The molecule has 0 N–H and O–H groups in total. The maximum atomic E-state index is 10.8. The van der Waals surface area contributed by atoms with E-state index in [4.69, 9.17) is 0 Å². The summed E-state index contributed by atoms with van der Waals surface area (Å²) in [5, 5.41) is 0. The Morgan fingerprint density at radius 2 is 1.83 bits per heavy atom. The number of carbonyl (C=O) groups is 2. The second-order valence-electron chi connectivity index (χ2n) is 1.87. The number of carbonyl (C=O) groups excluding carboxylic acids is 2. The molecule has 1 aromatic carbocycles. The molecular formula is C8H8CaO3. The van der Waals surface area contributed by atoms with Crippen LogP contribution in [0, 0.1) is 0 Å². The number of ether oxygens (including phenoxy) is 1. The van der Waals surface area contributed by atoms with Crippen molar-refractivity contribution in [3.8, 4) is 0 Å². The molecule has 0 fully saturated rings. The monoisotopic (exact) mass is 192 g/mol. The third-order valence-electron chi connectivity index (χ3n) is 1.16. The van der Waals surface area contributed by atoms with Crippen molar-refractivity contribution in [1.82, 2.24) is 0 Å². The molecule has 0 saturated heterocycles. The molecule has 1 aromatic rings. The van der Waals surface area contributed by atoms with Crippen LogP contribution in [0.4, 0.5) is 0 Å². The van der Waals surface area contributed by atoms with E-state index in [1.54, 1.807) is 30.3 Å².